The molecule has 1 N–H and O–H groups in total. The number of hydrogen-bond donors (Lipinski definition) is 1. The van der Waals surface area contributed by atoms with Crippen LogP contribution in [0.1, 0.15) is 6.92 Å². The molecular formula is C8H16N2O4S. The van der Waals surface area contributed by atoms with Gasteiger partial charge in [0.2, 0.25) is 10.0 Å². The normalized spacial score (nSPS) is 20.9. The van der Waals surface area contributed by atoms with Gasteiger partial charge in [0.25, 0.3) is 0 Å². The molecule has 0 aromatic carbocycles. The van der Waals surface area contributed by atoms with Gasteiger partial charge in [-0.3, -0.25) is 4.79 Å². The number of rotatable bonds is 3. The van der Waals surface area contributed by atoms with Crippen molar-refractivity contribution in [2.24, 2.45) is 0 Å². The SMILES string of the molecule is COC(=O)C(C)S(=O)(=O)N1CCNCC1. The van der Waals surface area contributed by atoms with Crippen LogP contribution in [0.2, 0.25) is 0 Å². The smallest absolute Gasteiger partial charge is 0.325 e. The second kappa shape index (κ2) is 4.91. The van der Waals surface area contributed by atoms with E-state index >= 15 is 0 Å². The van der Waals surface area contributed by atoms with Gasteiger partial charge in [-0.2, -0.15) is 4.31 Å². The second-order valence-electron chi connectivity index (χ2n) is 3.36. The van der Waals surface area contributed by atoms with Crippen molar-refractivity contribution in [3.05, 3.63) is 0 Å². The van der Waals surface area contributed by atoms with Crippen LogP contribution in [0, 0.1) is 0 Å². The van der Waals surface area contributed by atoms with Crippen LogP contribution >= 0.6 is 0 Å². The Morgan fingerprint density at radius 3 is 2.40 bits per heavy atom. The van der Waals surface area contributed by atoms with Crippen molar-refractivity contribution in [3.8, 4) is 0 Å². The number of hydrogen-bond acceptors (Lipinski definition) is 5. The maximum Gasteiger partial charge on any atom is 0.325 e. The average molecular weight is 236 g/mol. The number of carbonyl (C=O) groups is 1. The molecule has 7 heteroatoms. The summed E-state index contributed by atoms with van der Waals surface area (Å²) in [4.78, 5) is 11.2. The van der Waals surface area contributed by atoms with E-state index in [-0.39, 0.29) is 0 Å². The fourth-order valence-corrected chi connectivity index (χ4v) is 2.89. The van der Waals surface area contributed by atoms with Crippen LogP contribution in [0.15, 0.2) is 0 Å². The number of ether oxygens (including phenoxy) is 1. The van der Waals surface area contributed by atoms with E-state index in [4.69, 9.17) is 0 Å². The minimum atomic E-state index is -3.55. The van der Waals surface area contributed by atoms with E-state index in [1.54, 1.807) is 0 Å². The van der Waals surface area contributed by atoms with Crippen LogP contribution in [0.25, 0.3) is 0 Å². The van der Waals surface area contributed by atoms with Crippen molar-refractivity contribution in [1.29, 1.82) is 0 Å². The number of piperazine rings is 1. The highest BCUT2D eigenvalue weighted by Crippen LogP contribution is 2.10. The van der Waals surface area contributed by atoms with Crippen LogP contribution in [0.5, 0.6) is 0 Å². The van der Waals surface area contributed by atoms with Gasteiger partial charge in [-0.05, 0) is 6.92 Å². The van der Waals surface area contributed by atoms with Gasteiger partial charge in [0.1, 0.15) is 0 Å². The van der Waals surface area contributed by atoms with E-state index in [1.807, 2.05) is 0 Å². The Bertz CT molecular complexity index is 322. The number of esters is 1. The maximum absolute atomic E-state index is 11.9. The summed E-state index contributed by atoms with van der Waals surface area (Å²) in [5.74, 6) is -0.714. The van der Waals surface area contributed by atoms with Crippen molar-refractivity contribution in [3.63, 3.8) is 0 Å². The summed E-state index contributed by atoms with van der Waals surface area (Å²) in [6.07, 6.45) is 0. The Morgan fingerprint density at radius 2 is 1.93 bits per heavy atom. The molecule has 88 valence electrons. The van der Waals surface area contributed by atoms with Gasteiger partial charge >= 0.3 is 5.97 Å². The minimum Gasteiger partial charge on any atom is -0.468 e. The third-order valence-electron chi connectivity index (χ3n) is 2.42. The molecule has 0 aromatic heterocycles. The standard InChI is InChI=1S/C8H16N2O4S/c1-7(8(11)14-2)15(12,13)10-5-3-9-4-6-10/h7,9H,3-6H2,1-2H3. The second-order valence-corrected chi connectivity index (χ2v) is 5.61. The Morgan fingerprint density at radius 1 is 1.40 bits per heavy atom. The molecule has 1 fully saturated rings. The summed E-state index contributed by atoms with van der Waals surface area (Å²) in [7, 11) is -2.37. The summed E-state index contributed by atoms with van der Waals surface area (Å²) in [5, 5.41) is 1.92. The summed E-state index contributed by atoms with van der Waals surface area (Å²) in [6, 6.07) is 0. The monoisotopic (exact) mass is 236 g/mol. The van der Waals surface area contributed by atoms with E-state index in [1.165, 1.54) is 18.3 Å². The van der Waals surface area contributed by atoms with Crippen molar-refractivity contribution in [1.82, 2.24) is 9.62 Å². The topological polar surface area (TPSA) is 75.7 Å². The van der Waals surface area contributed by atoms with Gasteiger partial charge in [0.15, 0.2) is 5.25 Å². The predicted octanol–water partition coefficient (Wildman–Crippen LogP) is -1.22. The highest BCUT2D eigenvalue weighted by atomic mass is 32.2. The summed E-state index contributed by atoms with van der Waals surface area (Å²) in [5.41, 5.74) is 0. The average Bonchev–Trinajstić information content (AvgIpc) is 2.28. The zero-order valence-corrected chi connectivity index (χ0v) is 9.71. The van der Waals surface area contributed by atoms with Gasteiger partial charge in [-0.25, -0.2) is 8.42 Å². The van der Waals surface area contributed by atoms with Gasteiger partial charge in [-0.15, -0.1) is 0 Å². The quantitative estimate of drug-likeness (QED) is 0.622. The molecular weight excluding hydrogens is 220 g/mol. The van der Waals surface area contributed by atoms with Gasteiger partial charge < -0.3 is 10.1 Å². The maximum atomic E-state index is 11.9. The molecule has 0 radical (unpaired) electrons. The highest BCUT2D eigenvalue weighted by Gasteiger charge is 2.34. The lowest BCUT2D eigenvalue weighted by atomic mass is 10.4. The zero-order valence-electron chi connectivity index (χ0n) is 8.89. The molecule has 1 rings (SSSR count). The number of nitrogens with zero attached hydrogens (tertiary/aromatic N) is 1. The van der Waals surface area contributed by atoms with Crippen LogP contribution in [-0.4, -0.2) is 57.2 Å². The fourth-order valence-electron chi connectivity index (χ4n) is 1.41. The van der Waals surface area contributed by atoms with Crippen molar-refractivity contribution in [2.75, 3.05) is 33.3 Å². The molecule has 1 atom stereocenters. The molecule has 0 saturated carbocycles. The first-order valence-electron chi connectivity index (χ1n) is 4.77. The first-order chi connectivity index (χ1) is 7.00. The largest absolute Gasteiger partial charge is 0.468 e. The Kier molecular flexibility index (Phi) is 4.06. The molecule has 1 heterocycles. The zero-order chi connectivity index (χ0) is 11.5. The number of methoxy groups -OCH3 is 1. The van der Waals surface area contributed by atoms with Crippen LogP contribution < -0.4 is 5.32 Å². The van der Waals surface area contributed by atoms with E-state index in [0.29, 0.717) is 26.2 Å². The lowest BCUT2D eigenvalue weighted by Crippen LogP contribution is -2.50. The molecule has 1 saturated heterocycles. The lowest BCUT2D eigenvalue weighted by molar-refractivity contribution is -0.139. The summed E-state index contributed by atoms with van der Waals surface area (Å²) >= 11 is 0. The predicted molar refractivity (Wildman–Crippen MR) is 54.8 cm³/mol. The number of carbonyl (C=O) groups excluding carboxylic acids is 1. The molecule has 1 aliphatic heterocycles. The van der Waals surface area contributed by atoms with Crippen LogP contribution in [0.4, 0.5) is 0 Å². The molecule has 1 unspecified atom stereocenters. The van der Waals surface area contributed by atoms with Gasteiger partial charge in [0.05, 0.1) is 7.11 Å². The Labute approximate surface area is 89.6 Å². The molecule has 1 aliphatic rings. The van der Waals surface area contributed by atoms with E-state index in [2.05, 4.69) is 10.1 Å². The highest BCUT2D eigenvalue weighted by molar-refractivity contribution is 7.90. The third kappa shape index (κ3) is 2.67. The van der Waals surface area contributed by atoms with Gasteiger partial charge in [0, 0.05) is 26.2 Å². The van der Waals surface area contributed by atoms with Crippen LogP contribution in [0.3, 0.4) is 0 Å². The van der Waals surface area contributed by atoms with Gasteiger partial charge in [-0.1, -0.05) is 0 Å². The van der Waals surface area contributed by atoms with Crippen molar-refractivity contribution >= 4 is 16.0 Å². The van der Waals surface area contributed by atoms with Crippen molar-refractivity contribution < 1.29 is 17.9 Å². The molecule has 0 spiro atoms. The van der Waals surface area contributed by atoms with E-state index < -0.39 is 21.2 Å². The fraction of sp³-hybridized carbons (Fsp3) is 0.875. The van der Waals surface area contributed by atoms with Crippen LogP contribution in [-0.2, 0) is 19.6 Å². The number of sulfonamides is 1. The Hall–Kier alpha value is -0.660. The first-order valence-corrected chi connectivity index (χ1v) is 6.28. The van der Waals surface area contributed by atoms with E-state index in [0.717, 1.165) is 0 Å². The lowest BCUT2D eigenvalue weighted by Gasteiger charge is -2.28. The minimum absolute atomic E-state index is 0.406. The summed E-state index contributed by atoms with van der Waals surface area (Å²) < 4.78 is 29.5. The molecule has 0 amide bonds. The molecule has 0 aromatic rings. The molecule has 15 heavy (non-hydrogen) atoms. The van der Waals surface area contributed by atoms with E-state index in [9.17, 15) is 13.2 Å². The van der Waals surface area contributed by atoms with Crippen molar-refractivity contribution in [2.45, 2.75) is 12.2 Å². The summed E-state index contributed by atoms with van der Waals surface area (Å²) in [6.45, 7) is 3.40. The first kappa shape index (κ1) is 12.4. The molecule has 0 aliphatic carbocycles. The molecule has 0 bridgehead atoms. The third-order valence-corrected chi connectivity index (χ3v) is 4.59. The number of nitrogens with one attached hydrogen (secondary N) is 1. The Balaban J connectivity index is 2.76. The molecule has 6 nitrogen and oxygen atoms in total.